The minimum atomic E-state index is -4.45. The lowest BCUT2D eigenvalue weighted by atomic mass is 10.0. The molecular weight excluding hydrogens is 461 g/mol. The summed E-state index contributed by atoms with van der Waals surface area (Å²) in [5, 5.41) is 11.8. The number of halogens is 3. The van der Waals surface area contributed by atoms with E-state index in [2.05, 4.69) is 5.32 Å². The zero-order valence-corrected chi connectivity index (χ0v) is 19.0. The van der Waals surface area contributed by atoms with Crippen LogP contribution in [0.1, 0.15) is 18.1 Å². The highest BCUT2D eigenvalue weighted by molar-refractivity contribution is 6.01. The molecule has 3 aromatic carbocycles. The first-order valence-corrected chi connectivity index (χ1v) is 10.6. The van der Waals surface area contributed by atoms with Gasteiger partial charge in [0.2, 0.25) is 5.76 Å². The third-order valence-electron chi connectivity index (χ3n) is 5.05. The molecule has 182 valence electrons. The molecule has 35 heavy (non-hydrogen) atoms. The van der Waals surface area contributed by atoms with Crippen LogP contribution in [0.4, 0.5) is 29.3 Å². The number of nitrogens with zero attached hydrogens (tertiary/aromatic N) is 1. The SMILES string of the molecule is CCO/C(=C/c1ccc(-c2cccc(N(C)C(=O)Nc3ccc(C(F)(F)F)cc3)c2)cc1)C(=O)O. The molecule has 0 aliphatic heterocycles. The molecule has 2 N–H and O–H groups in total. The number of amides is 2. The Kier molecular flexibility index (Phi) is 7.80. The number of hydrogen-bond donors (Lipinski definition) is 2. The number of ether oxygens (including phenoxy) is 1. The number of urea groups is 1. The van der Waals surface area contributed by atoms with Gasteiger partial charge >= 0.3 is 18.2 Å². The van der Waals surface area contributed by atoms with Crippen molar-refractivity contribution in [1.29, 1.82) is 0 Å². The summed E-state index contributed by atoms with van der Waals surface area (Å²) in [7, 11) is 1.55. The number of alkyl halides is 3. The van der Waals surface area contributed by atoms with E-state index in [0.717, 1.165) is 23.3 Å². The van der Waals surface area contributed by atoms with E-state index < -0.39 is 23.7 Å². The number of rotatable bonds is 7. The molecular formula is C26H23F3N2O4. The van der Waals surface area contributed by atoms with Gasteiger partial charge in [-0.15, -0.1) is 0 Å². The van der Waals surface area contributed by atoms with Crippen LogP contribution >= 0.6 is 0 Å². The van der Waals surface area contributed by atoms with Crippen LogP contribution in [0.3, 0.4) is 0 Å². The van der Waals surface area contributed by atoms with E-state index in [1.807, 2.05) is 18.2 Å². The first-order chi connectivity index (χ1) is 16.6. The van der Waals surface area contributed by atoms with Crippen molar-refractivity contribution in [3.63, 3.8) is 0 Å². The number of aliphatic carboxylic acids is 1. The molecule has 2 amide bonds. The molecule has 0 aliphatic rings. The third-order valence-corrected chi connectivity index (χ3v) is 5.05. The lowest BCUT2D eigenvalue weighted by Crippen LogP contribution is -2.31. The highest BCUT2D eigenvalue weighted by Gasteiger charge is 2.30. The van der Waals surface area contributed by atoms with Gasteiger partial charge in [-0.25, -0.2) is 9.59 Å². The van der Waals surface area contributed by atoms with Gasteiger partial charge < -0.3 is 15.2 Å². The summed E-state index contributed by atoms with van der Waals surface area (Å²) in [6, 6.07) is 18.0. The Morgan fingerprint density at radius 2 is 1.66 bits per heavy atom. The average molecular weight is 484 g/mol. The molecule has 0 fully saturated rings. The molecule has 9 heteroatoms. The maximum atomic E-state index is 12.7. The quantitative estimate of drug-likeness (QED) is 0.296. The van der Waals surface area contributed by atoms with Gasteiger partial charge in [0.15, 0.2) is 0 Å². The second kappa shape index (κ2) is 10.8. The predicted octanol–water partition coefficient (Wildman–Crippen LogP) is 6.50. The summed E-state index contributed by atoms with van der Waals surface area (Å²) in [5.74, 6) is -1.30. The van der Waals surface area contributed by atoms with E-state index in [4.69, 9.17) is 4.74 Å². The minimum absolute atomic E-state index is 0.150. The topological polar surface area (TPSA) is 78.9 Å². The van der Waals surface area contributed by atoms with E-state index >= 15 is 0 Å². The fourth-order valence-corrected chi connectivity index (χ4v) is 3.21. The second-order valence-corrected chi connectivity index (χ2v) is 7.48. The monoisotopic (exact) mass is 484 g/mol. The first kappa shape index (κ1) is 25.4. The van der Waals surface area contributed by atoms with Crippen LogP contribution in [0.25, 0.3) is 17.2 Å². The Labute approximate surface area is 200 Å². The van der Waals surface area contributed by atoms with Crippen LogP contribution in [0.5, 0.6) is 0 Å². The largest absolute Gasteiger partial charge is 0.487 e. The van der Waals surface area contributed by atoms with Gasteiger partial charge in [-0.2, -0.15) is 13.2 Å². The van der Waals surface area contributed by atoms with Crippen molar-refractivity contribution in [2.24, 2.45) is 0 Å². The van der Waals surface area contributed by atoms with Gasteiger partial charge in [0.25, 0.3) is 0 Å². The second-order valence-electron chi connectivity index (χ2n) is 7.48. The van der Waals surface area contributed by atoms with Crippen molar-refractivity contribution < 1.29 is 32.6 Å². The summed E-state index contributed by atoms with van der Waals surface area (Å²) in [4.78, 5) is 25.2. The molecule has 0 atom stereocenters. The predicted molar refractivity (Wildman–Crippen MR) is 128 cm³/mol. The van der Waals surface area contributed by atoms with E-state index in [1.165, 1.54) is 23.1 Å². The molecule has 3 aromatic rings. The standard InChI is InChI=1S/C26H23F3N2O4/c1-3-35-23(24(32)33)15-17-7-9-18(10-8-17)19-5-4-6-22(16-19)31(2)25(34)30-21-13-11-20(12-14-21)26(27,28)29/h4-16H,3H2,1-2H3,(H,30,34)(H,32,33)/b23-15+. The third kappa shape index (κ3) is 6.63. The van der Waals surface area contributed by atoms with E-state index in [9.17, 15) is 27.9 Å². The maximum Gasteiger partial charge on any atom is 0.416 e. The summed E-state index contributed by atoms with van der Waals surface area (Å²) in [5.41, 5.74) is 2.33. The smallest absolute Gasteiger partial charge is 0.416 e. The number of carboxylic acid groups (broad SMARTS) is 1. The van der Waals surface area contributed by atoms with E-state index in [-0.39, 0.29) is 18.1 Å². The Morgan fingerprint density at radius 3 is 2.23 bits per heavy atom. The van der Waals surface area contributed by atoms with Gasteiger partial charge in [-0.3, -0.25) is 4.90 Å². The Bertz CT molecular complexity index is 1220. The Balaban J connectivity index is 1.74. The molecule has 3 rings (SSSR count). The maximum absolute atomic E-state index is 12.7. The highest BCUT2D eigenvalue weighted by atomic mass is 19.4. The number of carbonyl (C=O) groups is 2. The van der Waals surface area contributed by atoms with Crippen LogP contribution in [0, 0.1) is 0 Å². The van der Waals surface area contributed by atoms with Gasteiger partial charge in [0, 0.05) is 18.4 Å². The van der Waals surface area contributed by atoms with Gasteiger partial charge in [0.05, 0.1) is 12.2 Å². The van der Waals surface area contributed by atoms with Crippen LogP contribution < -0.4 is 10.2 Å². The van der Waals surface area contributed by atoms with Crippen molar-refractivity contribution >= 4 is 29.5 Å². The Morgan fingerprint density at radius 1 is 1.00 bits per heavy atom. The molecule has 0 radical (unpaired) electrons. The minimum Gasteiger partial charge on any atom is -0.487 e. The molecule has 0 spiro atoms. The Hall–Kier alpha value is -4.27. The van der Waals surface area contributed by atoms with Crippen LogP contribution in [-0.2, 0) is 15.7 Å². The lowest BCUT2D eigenvalue weighted by molar-refractivity contribution is -0.138. The number of anilines is 2. The highest BCUT2D eigenvalue weighted by Crippen LogP contribution is 2.30. The van der Waals surface area contributed by atoms with Crippen molar-refractivity contribution in [3.05, 3.63) is 89.7 Å². The van der Waals surface area contributed by atoms with E-state index in [0.29, 0.717) is 11.3 Å². The summed E-state index contributed by atoms with van der Waals surface area (Å²) >= 11 is 0. The molecule has 0 aromatic heterocycles. The molecule has 0 saturated carbocycles. The van der Waals surface area contributed by atoms with Gasteiger partial charge in [-0.05, 0) is 66.1 Å². The van der Waals surface area contributed by atoms with E-state index in [1.54, 1.807) is 44.3 Å². The van der Waals surface area contributed by atoms with Crippen LogP contribution in [0.15, 0.2) is 78.6 Å². The summed E-state index contributed by atoms with van der Waals surface area (Å²) in [6.45, 7) is 1.94. The molecule has 0 saturated heterocycles. The summed E-state index contributed by atoms with van der Waals surface area (Å²) in [6.07, 6.45) is -3.01. The average Bonchev–Trinajstić information content (AvgIpc) is 2.83. The molecule has 6 nitrogen and oxygen atoms in total. The molecule has 0 unspecified atom stereocenters. The molecule has 0 heterocycles. The number of carbonyl (C=O) groups excluding carboxylic acids is 1. The fourth-order valence-electron chi connectivity index (χ4n) is 3.21. The zero-order valence-electron chi connectivity index (χ0n) is 19.0. The van der Waals surface area contributed by atoms with Crippen molar-refractivity contribution in [2.45, 2.75) is 13.1 Å². The normalized spacial score (nSPS) is 11.6. The molecule has 0 aliphatic carbocycles. The van der Waals surface area contributed by atoms with Gasteiger partial charge in [0.1, 0.15) is 0 Å². The van der Waals surface area contributed by atoms with Crippen molar-refractivity contribution in [1.82, 2.24) is 0 Å². The number of carboxylic acids is 1. The van der Waals surface area contributed by atoms with Crippen LogP contribution in [-0.4, -0.2) is 30.8 Å². The zero-order chi connectivity index (χ0) is 25.6. The fraction of sp³-hybridized carbons (Fsp3) is 0.154. The number of nitrogens with one attached hydrogen (secondary N) is 1. The summed E-state index contributed by atoms with van der Waals surface area (Å²) < 4.78 is 43.3. The number of benzene rings is 3. The van der Waals surface area contributed by atoms with Crippen LogP contribution in [0.2, 0.25) is 0 Å². The van der Waals surface area contributed by atoms with Crippen molar-refractivity contribution in [3.8, 4) is 11.1 Å². The molecule has 0 bridgehead atoms. The van der Waals surface area contributed by atoms with Gasteiger partial charge in [-0.1, -0.05) is 36.4 Å². The lowest BCUT2D eigenvalue weighted by Gasteiger charge is -2.19. The number of hydrogen-bond acceptors (Lipinski definition) is 3. The first-order valence-electron chi connectivity index (χ1n) is 10.6. The van der Waals surface area contributed by atoms with Crippen molar-refractivity contribution in [2.75, 3.05) is 23.9 Å².